The largest absolute Gasteiger partial charge is 0.478 e. The molecule has 2 amide bonds. The van der Waals surface area contributed by atoms with Gasteiger partial charge >= 0.3 is 5.97 Å². The van der Waals surface area contributed by atoms with Crippen LogP contribution in [-0.4, -0.2) is 103 Å². The van der Waals surface area contributed by atoms with Crippen molar-refractivity contribution in [1.82, 2.24) is 19.2 Å². The summed E-state index contributed by atoms with van der Waals surface area (Å²) in [6, 6.07) is 30.8. The molecule has 6 aliphatic rings. The number of aliphatic imine (C=N–C) groups is 2. The Hall–Kier alpha value is -6.08. The van der Waals surface area contributed by atoms with Crippen molar-refractivity contribution in [2.45, 2.75) is 139 Å². The summed E-state index contributed by atoms with van der Waals surface area (Å²) in [6.07, 6.45) is 12.6. The summed E-state index contributed by atoms with van der Waals surface area (Å²) in [5.74, 6) is 0.391. The normalized spacial score (nSPS) is 19.8. The van der Waals surface area contributed by atoms with E-state index in [1.807, 2.05) is 60.7 Å². The first-order chi connectivity index (χ1) is 34.1. The number of ketones is 1. The summed E-state index contributed by atoms with van der Waals surface area (Å²) in [5, 5.41) is 15.3. The molecular weight excluding hydrogens is 979 g/mol. The monoisotopic (exact) mass is 1050 g/mol. The summed E-state index contributed by atoms with van der Waals surface area (Å²) in [6.45, 7) is 0.646. The van der Waals surface area contributed by atoms with Gasteiger partial charge in [0, 0.05) is 55.7 Å². The fourth-order valence-corrected chi connectivity index (χ4v) is 13.8. The van der Waals surface area contributed by atoms with Gasteiger partial charge in [-0.15, -0.1) is 0 Å². The highest BCUT2D eigenvalue weighted by atomic mass is 32.2. The van der Waals surface area contributed by atoms with E-state index in [2.05, 4.69) is 10.6 Å². The first-order valence-electron chi connectivity index (χ1n) is 24.7. The van der Waals surface area contributed by atoms with Gasteiger partial charge in [-0.1, -0.05) is 140 Å². The molecule has 4 aromatic rings. The number of nitrogens with one attached hydrogen (secondary N) is 2. The van der Waals surface area contributed by atoms with Crippen LogP contribution in [0.3, 0.4) is 0 Å². The molecule has 4 aliphatic heterocycles. The highest BCUT2D eigenvalue weighted by Crippen LogP contribution is 2.38. The number of nitrogens with two attached hydrogens (primary N) is 1. The van der Waals surface area contributed by atoms with E-state index in [1.54, 1.807) is 18.2 Å². The number of aromatic carboxylic acids is 1. The van der Waals surface area contributed by atoms with Crippen molar-refractivity contribution in [3.05, 3.63) is 126 Å². The van der Waals surface area contributed by atoms with Crippen molar-refractivity contribution < 1.29 is 41.1 Å². The Morgan fingerprint density at radius 1 is 0.554 bits per heavy atom. The Kier molecular flexibility index (Phi) is 20.2. The number of nitrogens with zero attached hydrogens (tertiary/aromatic N) is 4. The quantitative estimate of drug-likeness (QED) is 0.0869. The van der Waals surface area contributed by atoms with Gasteiger partial charge in [0.1, 0.15) is 22.7 Å². The number of sulfonamides is 2. The number of Topliss-reactive ketones (excluding diaryl/α,β-unsaturated/α-hetero) is 1. The predicted molar refractivity (Wildman–Crippen MR) is 291 cm³/mol. The Morgan fingerprint density at radius 3 is 1.31 bits per heavy atom. The van der Waals surface area contributed by atoms with Gasteiger partial charge in [-0.3, -0.25) is 24.4 Å². The van der Waals surface area contributed by atoms with Crippen molar-refractivity contribution in [1.29, 1.82) is 0 Å². The van der Waals surface area contributed by atoms with Crippen molar-refractivity contribution in [2.75, 3.05) is 31.9 Å². The SMILES string of the molecule is C.C.C.Nc1ccccc1.O=C(Cc1ccccc1)c1ccccc1S(=O)(=O)N1CCC2(CC1)N=C(C1CCCCC1)NC2=O.O=C(O)c1ccccc1S(=O)(=O)N1CCC2(CC1)N=C(C1CCCCC1)NC2=O. The zero-order chi connectivity index (χ0) is 50.2. The lowest BCUT2D eigenvalue weighted by molar-refractivity contribution is -0.125. The highest BCUT2D eigenvalue weighted by Gasteiger charge is 2.50. The molecule has 2 saturated carbocycles. The fourth-order valence-electron chi connectivity index (χ4n) is 10.5. The van der Waals surface area contributed by atoms with Crippen molar-refractivity contribution in [3.63, 3.8) is 0 Å². The molecule has 4 heterocycles. The van der Waals surface area contributed by atoms with Crippen molar-refractivity contribution >= 4 is 61.0 Å². The maximum atomic E-state index is 13.6. The predicted octanol–water partition coefficient (Wildman–Crippen LogP) is 8.94. The number of carboxylic acids is 1. The topological polar surface area (TPSA) is 238 Å². The number of anilines is 1. The number of hydrogen-bond acceptors (Lipinski definition) is 11. The second kappa shape index (κ2) is 25.4. The standard InChI is InChI=1S/C27H31N3O4S.C20H25N3O5S.C6H7N.3CH4/c31-23(19-20-9-3-1-4-10-20)22-13-7-8-14-24(22)35(33,34)30-17-15-27(16-18-30)26(32)28-25(29-27)21-11-5-2-6-12-21;24-18(25)15-8-4-5-9-16(15)29(27,28)23-12-10-20(11-13-23)19(26)21-17(22-20)14-6-2-1-3-7-14;7-6-4-2-1-3-5-6;;;/h1,3-4,7-10,13-14,21H,2,5-6,11-12,15-19H2,(H,28,29,32);4-5,8-9,14H,1-3,6-7,10-13H2,(H,24,25)(H,21,22,26);1-5H,7H2;3*1H4. The molecule has 0 radical (unpaired) electrons. The molecule has 2 aliphatic carbocycles. The molecule has 4 fully saturated rings. The minimum absolute atomic E-state index is 0. The third-order valence-corrected chi connectivity index (χ3v) is 18.5. The second-order valence-corrected chi connectivity index (χ2v) is 23.0. The Morgan fingerprint density at radius 2 is 0.919 bits per heavy atom. The van der Waals surface area contributed by atoms with Crippen LogP contribution >= 0.6 is 0 Å². The first kappa shape index (κ1) is 58.8. The third kappa shape index (κ3) is 13.0. The molecule has 0 bridgehead atoms. The van der Waals surface area contributed by atoms with E-state index >= 15 is 0 Å². The number of para-hydroxylation sites is 1. The van der Waals surface area contributed by atoms with Gasteiger partial charge in [-0.25, -0.2) is 21.6 Å². The highest BCUT2D eigenvalue weighted by molar-refractivity contribution is 7.89. The third-order valence-electron chi connectivity index (χ3n) is 14.6. The minimum atomic E-state index is -3.96. The molecule has 4 aromatic carbocycles. The van der Waals surface area contributed by atoms with Crippen LogP contribution in [-0.2, 0) is 36.1 Å². The van der Waals surface area contributed by atoms with Gasteiger partial charge in [0.15, 0.2) is 5.78 Å². The number of piperidine rings is 2. The van der Waals surface area contributed by atoms with Gasteiger partial charge < -0.3 is 21.5 Å². The lowest BCUT2D eigenvalue weighted by Gasteiger charge is -2.35. The van der Waals surface area contributed by atoms with Gasteiger partial charge in [0.2, 0.25) is 20.0 Å². The Balaban J connectivity index is 0.000000236. The number of carboxylic acid groups (broad SMARTS) is 1. The molecule has 2 saturated heterocycles. The van der Waals surface area contributed by atoms with E-state index in [0.717, 1.165) is 74.3 Å². The summed E-state index contributed by atoms with van der Waals surface area (Å²) in [7, 11) is -7.86. The molecule has 74 heavy (non-hydrogen) atoms. The van der Waals surface area contributed by atoms with Gasteiger partial charge in [-0.05, 0) is 87.3 Å². The van der Waals surface area contributed by atoms with Crippen LogP contribution in [0, 0.1) is 11.8 Å². The average Bonchev–Trinajstić information content (AvgIpc) is 3.89. The molecule has 0 aromatic heterocycles. The van der Waals surface area contributed by atoms with E-state index in [-0.39, 0.29) is 99.3 Å². The lowest BCUT2D eigenvalue weighted by atomic mass is 9.88. The second-order valence-electron chi connectivity index (χ2n) is 19.2. The first-order valence-corrected chi connectivity index (χ1v) is 27.6. The number of rotatable bonds is 10. The Bertz CT molecular complexity index is 2870. The lowest BCUT2D eigenvalue weighted by Crippen LogP contribution is -2.50. The zero-order valence-corrected chi connectivity index (χ0v) is 41.5. The molecular formula is C56H75N7O9S2. The van der Waals surface area contributed by atoms with Crippen LogP contribution in [0.2, 0.25) is 0 Å². The zero-order valence-electron chi connectivity index (χ0n) is 39.9. The molecule has 0 unspecified atom stereocenters. The molecule has 10 rings (SSSR count). The average molecular weight is 1050 g/mol. The maximum absolute atomic E-state index is 13.6. The number of carbonyl (C=O) groups is 4. The number of benzene rings is 4. The molecule has 18 heteroatoms. The summed E-state index contributed by atoms with van der Waals surface area (Å²) < 4.78 is 55.9. The Labute approximate surface area is 438 Å². The van der Waals surface area contributed by atoms with Gasteiger partial charge in [0.25, 0.3) is 11.8 Å². The summed E-state index contributed by atoms with van der Waals surface area (Å²) in [4.78, 5) is 59.5. The van der Waals surface area contributed by atoms with Crippen LogP contribution < -0.4 is 16.4 Å². The van der Waals surface area contributed by atoms with E-state index in [1.165, 1.54) is 51.8 Å². The van der Waals surface area contributed by atoms with Crippen LogP contribution in [0.1, 0.15) is 138 Å². The molecule has 0 atom stereocenters. The van der Waals surface area contributed by atoms with Crippen LogP contribution in [0.5, 0.6) is 0 Å². The smallest absolute Gasteiger partial charge is 0.337 e. The van der Waals surface area contributed by atoms with E-state index in [9.17, 15) is 41.1 Å². The summed E-state index contributed by atoms with van der Waals surface area (Å²) in [5.41, 5.74) is 5.20. The molecule has 16 nitrogen and oxygen atoms in total. The van der Waals surface area contributed by atoms with Gasteiger partial charge in [-0.2, -0.15) is 8.61 Å². The molecule has 2 spiro atoms. The number of hydrogen-bond donors (Lipinski definition) is 4. The molecule has 400 valence electrons. The van der Waals surface area contributed by atoms with E-state index in [0.29, 0.717) is 31.6 Å². The van der Waals surface area contributed by atoms with Gasteiger partial charge in [0.05, 0.1) is 15.4 Å². The number of nitrogen functional groups attached to an aromatic ring is 1. The fraction of sp³-hybridized carbons (Fsp3) is 0.464. The van der Waals surface area contributed by atoms with Crippen molar-refractivity contribution in [2.24, 2.45) is 21.8 Å². The minimum Gasteiger partial charge on any atom is -0.478 e. The maximum Gasteiger partial charge on any atom is 0.337 e. The number of carbonyl (C=O) groups excluding carboxylic acids is 3. The van der Waals surface area contributed by atoms with Crippen LogP contribution in [0.25, 0.3) is 0 Å². The molecule has 5 N–H and O–H groups in total. The number of amides is 2. The van der Waals surface area contributed by atoms with E-state index in [4.69, 9.17) is 15.7 Å². The van der Waals surface area contributed by atoms with Crippen LogP contribution in [0.4, 0.5) is 5.69 Å². The van der Waals surface area contributed by atoms with E-state index < -0.39 is 37.1 Å². The number of amidine groups is 2. The summed E-state index contributed by atoms with van der Waals surface area (Å²) >= 11 is 0. The van der Waals surface area contributed by atoms with Crippen molar-refractivity contribution in [3.8, 4) is 0 Å². The van der Waals surface area contributed by atoms with Crippen LogP contribution in [0.15, 0.2) is 129 Å².